The number of hydrogen-bond acceptors (Lipinski definition) is 4. The van der Waals surface area contributed by atoms with Crippen LogP contribution >= 0.6 is 0 Å². The molecule has 0 unspecified atom stereocenters. The number of carbonyl (C=O) groups is 1. The smallest absolute Gasteiger partial charge is 0.298 e. The molecule has 0 N–H and O–H groups in total. The molecule has 0 saturated heterocycles. The molecule has 0 aliphatic heterocycles. The topological polar surface area (TPSA) is 56.0 Å². The van der Waals surface area contributed by atoms with Gasteiger partial charge in [0.05, 0.1) is 0 Å². The molecular weight excluding hydrogens is 180 g/mol. The predicted octanol–water partition coefficient (Wildman–Crippen LogP) is 1.61. The van der Waals surface area contributed by atoms with Gasteiger partial charge in [0.25, 0.3) is 11.7 Å². The van der Waals surface area contributed by atoms with E-state index in [1.807, 2.05) is 19.1 Å². The lowest BCUT2D eigenvalue weighted by atomic mass is 10.1. The Morgan fingerprint density at radius 1 is 1.50 bits per heavy atom. The second-order valence-electron chi connectivity index (χ2n) is 2.84. The molecular formula is C10H8N2O2. The van der Waals surface area contributed by atoms with Crippen molar-refractivity contribution < 1.29 is 10.7 Å². The van der Waals surface area contributed by atoms with Crippen LogP contribution in [-0.4, -0.2) is 15.9 Å². The lowest BCUT2D eigenvalue weighted by molar-refractivity contribution is 0.0993. The van der Waals surface area contributed by atoms with Crippen LogP contribution in [0.5, 0.6) is 0 Å². The van der Waals surface area contributed by atoms with Gasteiger partial charge in [-0.2, -0.15) is 4.98 Å². The summed E-state index contributed by atoms with van der Waals surface area (Å²) in [5, 5.41) is 3.25. The van der Waals surface area contributed by atoms with Crippen LogP contribution in [0.1, 0.15) is 23.2 Å². The molecule has 0 aliphatic carbocycles. The number of benzene rings is 1. The van der Waals surface area contributed by atoms with Crippen LogP contribution < -0.4 is 0 Å². The quantitative estimate of drug-likeness (QED) is 0.673. The lowest BCUT2D eigenvalue weighted by Crippen LogP contribution is -2.03. The molecule has 1 heterocycles. The van der Waals surface area contributed by atoms with E-state index in [9.17, 15) is 4.79 Å². The van der Waals surface area contributed by atoms with Gasteiger partial charge in [-0.05, 0) is 12.5 Å². The van der Waals surface area contributed by atoms with Crippen molar-refractivity contribution >= 4 is 5.78 Å². The average Bonchev–Trinajstić information content (AvgIpc) is 2.65. The fourth-order valence-electron chi connectivity index (χ4n) is 1.18. The minimum absolute atomic E-state index is 0.144. The Balaban J connectivity index is 2.41. The maximum Gasteiger partial charge on any atom is 0.298 e. The second-order valence-corrected chi connectivity index (χ2v) is 2.84. The van der Waals surface area contributed by atoms with Gasteiger partial charge in [0.15, 0.2) is 6.30 Å². The van der Waals surface area contributed by atoms with Crippen LogP contribution in [0.2, 0.25) is 0 Å². The molecule has 0 amide bonds. The number of ketones is 1. The number of nitrogens with zero attached hydrogens (tertiary/aromatic N) is 2. The normalized spacial score (nSPS) is 11.1. The summed E-state index contributed by atoms with van der Waals surface area (Å²) in [6.07, 6.45) is -0.285. The van der Waals surface area contributed by atoms with Crippen molar-refractivity contribution in [3.8, 4) is 0 Å². The third-order valence-electron chi connectivity index (χ3n) is 1.91. The fourth-order valence-corrected chi connectivity index (χ4v) is 1.18. The van der Waals surface area contributed by atoms with Crippen molar-refractivity contribution in [1.29, 1.82) is 0 Å². The zero-order valence-electron chi connectivity index (χ0n) is 8.52. The Morgan fingerprint density at radius 3 is 2.93 bits per heavy atom. The Bertz CT molecular complexity index is 508. The highest BCUT2D eigenvalue weighted by Crippen LogP contribution is 2.11. The van der Waals surface area contributed by atoms with E-state index in [0.29, 0.717) is 5.56 Å². The summed E-state index contributed by atoms with van der Waals surface area (Å²) in [7, 11) is 0. The van der Waals surface area contributed by atoms with E-state index in [1.54, 1.807) is 12.1 Å². The molecule has 0 spiro atoms. The van der Waals surface area contributed by atoms with Gasteiger partial charge < -0.3 is 4.52 Å². The van der Waals surface area contributed by atoms with Crippen molar-refractivity contribution in [1.82, 2.24) is 10.1 Å². The maximum atomic E-state index is 11.8. The molecule has 0 fully saturated rings. The highest BCUT2D eigenvalue weighted by Gasteiger charge is 2.15. The van der Waals surface area contributed by atoms with Crippen LogP contribution in [0.25, 0.3) is 0 Å². The van der Waals surface area contributed by atoms with Crippen LogP contribution in [0.3, 0.4) is 0 Å². The highest BCUT2D eigenvalue weighted by molar-refractivity contribution is 6.06. The highest BCUT2D eigenvalue weighted by atomic mass is 16.5. The Kier molecular flexibility index (Phi) is 1.81. The molecule has 4 nitrogen and oxygen atoms in total. The van der Waals surface area contributed by atoms with Crippen molar-refractivity contribution in [3.63, 3.8) is 0 Å². The second kappa shape index (κ2) is 3.41. The largest absolute Gasteiger partial charge is 0.331 e. The van der Waals surface area contributed by atoms with E-state index < -0.39 is 0 Å². The molecule has 0 saturated carbocycles. The third-order valence-corrected chi connectivity index (χ3v) is 1.91. The van der Waals surface area contributed by atoms with Crippen molar-refractivity contribution in [2.45, 2.75) is 6.92 Å². The first kappa shape index (κ1) is 7.44. The lowest BCUT2D eigenvalue weighted by Gasteiger charge is -1.99. The summed E-state index contributed by atoms with van der Waals surface area (Å²) in [5.74, 6) is -0.492. The zero-order valence-corrected chi connectivity index (χ0v) is 7.52. The minimum atomic E-state index is -0.348. The molecule has 4 heteroatoms. The van der Waals surface area contributed by atoms with Crippen LogP contribution in [0.4, 0.5) is 0 Å². The first-order chi connectivity index (χ1) is 7.18. The molecule has 1 aromatic heterocycles. The first-order valence-electron chi connectivity index (χ1n) is 4.59. The number of aromatic nitrogens is 2. The predicted molar refractivity (Wildman–Crippen MR) is 48.9 cm³/mol. The molecule has 0 radical (unpaired) electrons. The summed E-state index contributed by atoms with van der Waals surface area (Å²) < 4.78 is 11.7. The summed E-state index contributed by atoms with van der Waals surface area (Å²) >= 11 is 0. The minimum Gasteiger partial charge on any atom is -0.331 e. The number of rotatable bonds is 2. The van der Waals surface area contributed by atoms with Crippen molar-refractivity contribution in [3.05, 3.63) is 47.6 Å². The monoisotopic (exact) mass is 189 g/mol. The summed E-state index contributed by atoms with van der Waals surface area (Å²) in [6.45, 7) is 1.82. The van der Waals surface area contributed by atoms with Crippen LogP contribution in [0, 0.1) is 6.92 Å². The van der Waals surface area contributed by atoms with E-state index in [0.717, 1.165) is 5.56 Å². The van der Waals surface area contributed by atoms with E-state index in [-0.39, 0.29) is 18.0 Å². The van der Waals surface area contributed by atoms with E-state index >= 15 is 0 Å². The van der Waals surface area contributed by atoms with Gasteiger partial charge in [0.1, 0.15) is 1.37 Å². The standard InChI is InChI=1S/C10H8N2O2/c1-7-4-2-3-5-8(7)9(13)10-11-6-12-14-10/h2-6H,1H3/i6D. The van der Waals surface area contributed by atoms with E-state index in [1.165, 1.54) is 0 Å². The van der Waals surface area contributed by atoms with E-state index in [2.05, 4.69) is 14.7 Å². The summed E-state index contributed by atoms with van der Waals surface area (Å²) in [5.41, 5.74) is 1.35. The molecule has 2 aromatic rings. The van der Waals surface area contributed by atoms with Crippen LogP contribution in [-0.2, 0) is 0 Å². The number of aryl methyl sites for hydroxylation is 1. The molecule has 2 rings (SSSR count). The van der Waals surface area contributed by atoms with Gasteiger partial charge in [-0.25, -0.2) is 0 Å². The number of carbonyl (C=O) groups excluding carboxylic acids is 1. The Labute approximate surface area is 82.0 Å². The van der Waals surface area contributed by atoms with Gasteiger partial charge in [-0.3, -0.25) is 4.79 Å². The SMILES string of the molecule is [2H]c1noc(C(=O)c2ccccc2C)n1. The maximum absolute atomic E-state index is 11.8. The van der Waals surface area contributed by atoms with Gasteiger partial charge >= 0.3 is 0 Å². The molecule has 0 bridgehead atoms. The van der Waals surface area contributed by atoms with Gasteiger partial charge in [0.2, 0.25) is 0 Å². The Morgan fingerprint density at radius 2 is 2.29 bits per heavy atom. The zero-order chi connectivity index (χ0) is 10.8. The summed E-state index contributed by atoms with van der Waals surface area (Å²) in [6, 6.07) is 7.12. The van der Waals surface area contributed by atoms with Gasteiger partial charge in [0, 0.05) is 5.56 Å². The molecule has 0 atom stereocenters. The van der Waals surface area contributed by atoms with E-state index in [4.69, 9.17) is 1.37 Å². The van der Waals surface area contributed by atoms with Crippen molar-refractivity contribution in [2.24, 2.45) is 0 Å². The summed E-state index contributed by atoms with van der Waals surface area (Å²) in [4.78, 5) is 15.4. The average molecular weight is 189 g/mol. The van der Waals surface area contributed by atoms with Crippen LogP contribution in [0.15, 0.2) is 35.1 Å². The molecule has 0 aliphatic rings. The molecule has 14 heavy (non-hydrogen) atoms. The van der Waals surface area contributed by atoms with Crippen molar-refractivity contribution in [2.75, 3.05) is 0 Å². The van der Waals surface area contributed by atoms with Gasteiger partial charge in [-0.1, -0.05) is 29.4 Å². The number of hydrogen-bond donors (Lipinski definition) is 0. The third kappa shape index (κ3) is 1.42. The fraction of sp³-hybridized carbons (Fsp3) is 0.100. The Hall–Kier alpha value is -1.97. The molecule has 1 aromatic carbocycles. The molecule has 70 valence electrons. The first-order valence-corrected chi connectivity index (χ1v) is 4.09. The van der Waals surface area contributed by atoms with Gasteiger partial charge in [-0.15, -0.1) is 0 Å².